The topological polar surface area (TPSA) is 23.5 Å². The third-order valence-electron chi connectivity index (χ3n) is 3.91. The van der Waals surface area contributed by atoms with Gasteiger partial charge < -0.3 is 10.0 Å². The molecule has 1 heterocycles. The zero-order valence-electron chi connectivity index (χ0n) is 12.0. The van der Waals surface area contributed by atoms with Gasteiger partial charge in [-0.1, -0.05) is 32.9 Å². The first-order valence-corrected chi connectivity index (χ1v) is 6.94. The van der Waals surface area contributed by atoms with Gasteiger partial charge in [0.05, 0.1) is 6.10 Å². The van der Waals surface area contributed by atoms with Gasteiger partial charge in [0.15, 0.2) is 0 Å². The maximum absolute atomic E-state index is 10.3. The molecule has 0 bridgehead atoms. The fraction of sp³-hybridized carbons (Fsp3) is 0.625. The van der Waals surface area contributed by atoms with Gasteiger partial charge in [-0.05, 0) is 42.9 Å². The van der Waals surface area contributed by atoms with E-state index in [0.29, 0.717) is 6.04 Å². The van der Waals surface area contributed by atoms with Crippen LogP contribution in [0.5, 0.6) is 0 Å². The number of hydrogen-bond acceptors (Lipinski definition) is 2. The van der Waals surface area contributed by atoms with E-state index in [-0.39, 0.29) is 5.41 Å². The molecule has 0 aliphatic carbocycles. The van der Waals surface area contributed by atoms with Crippen LogP contribution in [-0.4, -0.2) is 17.7 Å². The Kier molecular flexibility index (Phi) is 3.67. The Balaban J connectivity index is 2.15. The molecular formula is C16H25NO. The van der Waals surface area contributed by atoms with Crippen LogP contribution in [0.25, 0.3) is 0 Å². The molecule has 0 amide bonds. The van der Waals surface area contributed by atoms with E-state index in [9.17, 15) is 5.11 Å². The maximum atomic E-state index is 10.3. The lowest BCUT2D eigenvalue weighted by atomic mass is 9.85. The number of anilines is 1. The fourth-order valence-electron chi connectivity index (χ4n) is 2.66. The summed E-state index contributed by atoms with van der Waals surface area (Å²) in [4.78, 5) is 2.45. The summed E-state index contributed by atoms with van der Waals surface area (Å²) in [6.07, 6.45) is 2.17. The largest absolute Gasteiger partial charge is 0.388 e. The molecule has 2 nitrogen and oxygen atoms in total. The highest BCUT2D eigenvalue weighted by molar-refractivity contribution is 5.49. The number of aliphatic hydroxyl groups excluding tert-OH is 1. The molecule has 1 saturated heterocycles. The Morgan fingerprint density at radius 2 is 1.83 bits per heavy atom. The molecule has 2 heteroatoms. The summed E-state index contributed by atoms with van der Waals surface area (Å²) < 4.78 is 0. The predicted molar refractivity (Wildman–Crippen MR) is 76.9 cm³/mol. The summed E-state index contributed by atoms with van der Waals surface area (Å²) in [5, 5.41) is 10.3. The Morgan fingerprint density at radius 1 is 1.22 bits per heavy atom. The molecule has 2 rings (SSSR count). The molecule has 0 spiro atoms. The van der Waals surface area contributed by atoms with Gasteiger partial charge in [-0.15, -0.1) is 0 Å². The van der Waals surface area contributed by atoms with Gasteiger partial charge in [-0.25, -0.2) is 0 Å². The first-order chi connectivity index (χ1) is 8.39. The van der Waals surface area contributed by atoms with E-state index in [0.717, 1.165) is 12.1 Å². The summed E-state index contributed by atoms with van der Waals surface area (Å²) in [5.41, 5.74) is 2.19. The molecule has 1 fully saturated rings. The second-order valence-electron chi connectivity index (χ2n) is 6.54. The summed E-state index contributed by atoms with van der Waals surface area (Å²) in [7, 11) is 0. The third-order valence-corrected chi connectivity index (χ3v) is 3.91. The average Bonchev–Trinajstić information content (AvgIpc) is 2.73. The van der Waals surface area contributed by atoms with Crippen LogP contribution in [0, 0.1) is 5.41 Å². The molecule has 1 aliphatic rings. The monoisotopic (exact) mass is 247 g/mol. The summed E-state index contributed by atoms with van der Waals surface area (Å²) in [6, 6.07) is 9.06. The van der Waals surface area contributed by atoms with Crippen LogP contribution in [0.15, 0.2) is 24.3 Å². The predicted octanol–water partition coefficient (Wildman–Crippen LogP) is 3.75. The maximum Gasteiger partial charge on any atom is 0.0838 e. The number of benzene rings is 1. The van der Waals surface area contributed by atoms with Crippen molar-refractivity contribution in [3.05, 3.63) is 29.8 Å². The molecule has 0 aromatic heterocycles. The third kappa shape index (κ3) is 2.69. The quantitative estimate of drug-likeness (QED) is 0.860. The van der Waals surface area contributed by atoms with Crippen molar-refractivity contribution >= 4 is 5.69 Å². The molecule has 18 heavy (non-hydrogen) atoms. The van der Waals surface area contributed by atoms with Crippen molar-refractivity contribution in [2.75, 3.05) is 11.4 Å². The number of nitrogens with zero attached hydrogens (tertiary/aromatic N) is 1. The molecule has 1 aromatic rings. The molecule has 0 radical (unpaired) electrons. The van der Waals surface area contributed by atoms with Crippen molar-refractivity contribution in [3.63, 3.8) is 0 Å². The standard InChI is InChI=1S/C16H25NO/c1-12-6-5-11-17(12)14-9-7-13(8-10-14)15(18)16(2,3)4/h7-10,12,15,18H,5-6,11H2,1-4H3. The van der Waals surface area contributed by atoms with Crippen molar-refractivity contribution in [2.45, 2.75) is 52.7 Å². The lowest BCUT2D eigenvalue weighted by Crippen LogP contribution is -2.26. The smallest absolute Gasteiger partial charge is 0.0838 e. The van der Waals surface area contributed by atoms with E-state index in [4.69, 9.17) is 0 Å². The minimum Gasteiger partial charge on any atom is -0.388 e. The summed E-state index contributed by atoms with van der Waals surface area (Å²) in [5.74, 6) is 0. The highest BCUT2D eigenvalue weighted by atomic mass is 16.3. The minimum atomic E-state index is -0.400. The minimum absolute atomic E-state index is 0.109. The van der Waals surface area contributed by atoms with E-state index in [1.165, 1.54) is 18.5 Å². The van der Waals surface area contributed by atoms with Crippen LogP contribution < -0.4 is 4.90 Å². The van der Waals surface area contributed by atoms with Gasteiger partial charge in [-0.2, -0.15) is 0 Å². The van der Waals surface area contributed by atoms with Crippen molar-refractivity contribution in [1.82, 2.24) is 0 Å². The van der Waals surface area contributed by atoms with Gasteiger partial charge in [0, 0.05) is 18.3 Å². The zero-order valence-corrected chi connectivity index (χ0v) is 12.0. The molecular weight excluding hydrogens is 222 g/mol. The molecule has 2 atom stereocenters. The van der Waals surface area contributed by atoms with Crippen LogP contribution >= 0.6 is 0 Å². The lowest BCUT2D eigenvalue weighted by molar-refractivity contribution is 0.0627. The van der Waals surface area contributed by atoms with Crippen molar-refractivity contribution in [2.24, 2.45) is 5.41 Å². The van der Waals surface area contributed by atoms with Gasteiger partial charge in [0.2, 0.25) is 0 Å². The van der Waals surface area contributed by atoms with Gasteiger partial charge >= 0.3 is 0 Å². The van der Waals surface area contributed by atoms with E-state index in [1.807, 2.05) is 0 Å². The lowest BCUT2D eigenvalue weighted by Gasteiger charge is -2.28. The van der Waals surface area contributed by atoms with Gasteiger partial charge in [-0.3, -0.25) is 0 Å². The molecule has 100 valence electrons. The van der Waals surface area contributed by atoms with Gasteiger partial charge in [0.25, 0.3) is 0 Å². The first kappa shape index (κ1) is 13.4. The second kappa shape index (κ2) is 4.93. The van der Waals surface area contributed by atoms with E-state index < -0.39 is 6.10 Å². The van der Waals surface area contributed by atoms with Crippen molar-refractivity contribution in [1.29, 1.82) is 0 Å². The number of hydrogen-bond donors (Lipinski definition) is 1. The summed E-state index contributed by atoms with van der Waals surface area (Å²) >= 11 is 0. The summed E-state index contributed by atoms with van der Waals surface area (Å²) in [6.45, 7) is 9.63. The molecule has 1 aliphatic heterocycles. The van der Waals surface area contributed by atoms with Crippen LogP contribution in [-0.2, 0) is 0 Å². The van der Waals surface area contributed by atoms with E-state index in [1.54, 1.807) is 0 Å². The highest BCUT2D eigenvalue weighted by Crippen LogP contribution is 2.34. The second-order valence-corrected chi connectivity index (χ2v) is 6.54. The Bertz CT molecular complexity index is 370. The first-order valence-electron chi connectivity index (χ1n) is 6.94. The number of aliphatic hydroxyl groups is 1. The van der Waals surface area contributed by atoms with Crippen molar-refractivity contribution < 1.29 is 5.11 Å². The molecule has 2 unspecified atom stereocenters. The molecule has 1 N–H and O–H groups in total. The van der Waals surface area contributed by atoms with E-state index >= 15 is 0 Å². The Labute approximate surface area is 111 Å². The van der Waals surface area contributed by atoms with Crippen molar-refractivity contribution in [3.8, 4) is 0 Å². The molecule has 0 saturated carbocycles. The van der Waals surface area contributed by atoms with E-state index in [2.05, 4.69) is 56.9 Å². The van der Waals surface area contributed by atoms with Crippen LogP contribution in [0.3, 0.4) is 0 Å². The van der Waals surface area contributed by atoms with Crippen LogP contribution in [0.1, 0.15) is 52.2 Å². The number of rotatable bonds is 2. The SMILES string of the molecule is CC1CCCN1c1ccc(C(O)C(C)(C)C)cc1. The zero-order chi connectivity index (χ0) is 13.3. The Hall–Kier alpha value is -1.02. The van der Waals surface area contributed by atoms with Gasteiger partial charge in [0.1, 0.15) is 0 Å². The Morgan fingerprint density at radius 3 is 2.28 bits per heavy atom. The fourth-order valence-corrected chi connectivity index (χ4v) is 2.66. The van der Waals surface area contributed by atoms with Crippen LogP contribution in [0.4, 0.5) is 5.69 Å². The highest BCUT2D eigenvalue weighted by Gasteiger charge is 2.24. The average molecular weight is 247 g/mol. The normalized spacial score (nSPS) is 22.3. The molecule has 1 aromatic carbocycles. The van der Waals surface area contributed by atoms with Crippen LogP contribution in [0.2, 0.25) is 0 Å².